The van der Waals surface area contributed by atoms with Crippen molar-refractivity contribution in [3.63, 3.8) is 0 Å². The van der Waals surface area contributed by atoms with Crippen molar-refractivity contribution in [3.8, 4) is 0 Å². The molecule has 4 amide bonds. The number of nitrogens with one attached hydrogen (secondary N) is 4. The van der Waals surface area contributed by atoms with Crippen LogP contribution in [0.3, 0.4) is 0 Å². The molecule has 0 spiro atoms. The number of Topliss-reactive ketones (excluding diaryl/α,β-unsaturated/α-hetero) is 2. The first-order chi connectivity index (χ1) is 31.7. The van der Waals surface area contributed by atoms with Crippen LogP contribution in [0.15, 0.2) is 105 Å². The second-order valence-electron chi connectivity index (χ2n) is 14.5. The van der Waals surface area contributed by atoms with Crippen LogP contribution in [0, 0.1) is 13.8 Å². The van der Waals surface area contributed by atoms with Gasteiger partial charge in [-0.1, -0.05) is 46.4 Å². The van der Waals surface area contributed by atoms with Crippen LogP contribution in [-0.4, -0.2) is 47.3 Å². The molecule has 2 atom stereocenters. The lowest BCUT2D eigenvalue weighted by molar-refractivity contribution is -0.138. The van der Waals surface area contributed by atoms with Crippen LogP contribution in [0.4, 0.5) is 60.5 Å². The molecule has 0 aliphatic rings. The Hall–Kier alpha value is -6.74. The van der Waals surface area contributed by atoms with E-state index in [0.717, 1.165) is 38.1 Å². The second-order valence-corrected chi connectivity index (χ2v) is 16.1. The summed E-state index contributed by atoms with van der Waals surface area (Å²) in [6.07, 6.45) is -9.57. The Morgan fingerprint density at radius 3 is 1.15 bits per heavy atom. The first-order valence-electron chi connectivity index (χ1n) is 19.2. The molecule has 14 nitrogen and oxygen atoms in total. The third-order valence-corrected chi connectivity index (χ3v) is 10.9. The number of ketones is 2. The summed E-state index contributed by atoms with van der Waals surface area (Å²) < 4.78 is 80.0. The zero-order valence-electron chi connectivity index (χ0n) is 35.3. The molecule has 0 saturated carbocycles. The van der Waals surface area contributed by atoms with E-state index in [2.05, 4.69) is 41.7 Å². The molecule has 5 aromatic carbocycles. The van der Waals surface area contributed by atoms with Crippen molar-refractivity contribution in [1.29, 1.82) is 0 Å². The van der Waals surface area contributed by atoms with Crippen molar-refractivity contribution in [2.45, 2.75) is 52.1 Å². The molecule has 0 radical (unpaired) electrons. The molecular formula is C44H32Cl4F6N8O6. The number of anilines is 4. The lowest BCUT2D eigenvalue weighted by Gasteiger charge is -2.17. The van der Waals surface area contributed by atoms with Gasteiger partial charge in [0, 0.05) is 33.9 Å². The molecule has 0 aliphatic heterocycles. The number of hydrogen-bond donors (Lipinski definition) is 4. The minimum atomic E-state index is -4.79. The number of carbonyl (C=O) groups is 6. The van der Waals surface area contributed by atoms with Gasteiger partial charge < -0.3 is 21.3 Å². The van der Waals surface area contributed by atoms with Gasteiger partial charge in [-0.25, -0.2) is 0 Å². The van der Waals surface area contributed by atoms with Crippen molar-refractivity contribution < 1.29 is 55.1 Å². The fourth-order valence-corrected chi connectivity index (χ4v) is 6.64. The van der Waals surface area contributed by atoms with E-state index in [4.69, 9.17) is 46.4 Å². The van der Waals surface area contributed by atoms with Crippen LogP contribution in [0.25, 0.3) is 0 Å². The Morgan fingerprint density at radius 2 is 0.824 bits per heavy atom. The highest BCUT2D eigenvalue weighted by Crippen LogP contribution is 2.38. The number of carbonyl (C=O) groups excluding carboxylic acids is 6. The Kier molecular flexibility index (Phi) is 16.5. The number of benzene rings is 5. The highest BCUT2D eigenvalue weighted by molar-refractivity contribution is 6.34. The molecule has 0 aliphatic carbocycles. The fraction of sp³-hybridized carbons (Fsp3) is 0.182. The zero-order chi connectivity index (χ0) is 50.4. The average molecular weight is 1020 g/mol. The van der Waals surface area contributed by atoms with Crippen molar-refractivity contribution in [2.24, 2.45) is 20.5 Å². The first kappa shape index (κ1) is 52.2. The lowest BCUT2D eigenvalue weighted by atomic mass is 10.0. The summed E-state index contributed by atoms with van der Waals surface area (Å²) in [4.78, 5) is 77.8. The van der Waals surface area contributed by atoms with Gasteiger partial charge in [0.05, 0.1) is 31.2 Å². The molecular weight excluding hydrogens is 992 g/mol. The van der Waals surface area contributed by atoms with Crippen LogP contribution in [0.1, 0.15) is 56.8 Å². The monoisotopic (exact) mass is 1020 g/mol. The van der Waals surface area contributed by atoms with E-state index < -0.39 is 80.8 Å². The normalized spacial score (nSPS) is 12.7. The summed E-state index contributed by atoms with van der Waals surface area (Å²) in [6.45, 7) is 5.28. The van der Waals surface area contributed by atoms with Gasteiger partial charge in [-0.15, -0.1) is 0 Å². The molecule has 0 fully saturated rings. The topological polar surface area (TPSA) is 200 Å². The zero-order valence-corrected chi connectivity index (χ0v) is 38.3. The molecule has 4 N–H and O–H groups in total. The van der Waals surface area contributed by atoms with Gasteiger partial charge in [0.1, 0.15) is 11.4 Å². The number of halogens is 10. The maximum atomic E-state index is 13.4. The van der Waals surface area contributed by atoms with E-state index in [1.807, 2.05) is 0 Å². The molecule has 0 heterocycles. The number of hydrogen-bond acceptors (Lipinski definition) is 10. The number of rotatable bonds is 14. The van der Waals surface area contributed by atoms with E-state index in [0.29, 0.717) is 23.3 Å². The molecule has 24 heteroatoms. The van der Waals surface area contributed by atoms with Gasteiger partial charge in [-0.2, -0.15) is 46.8 Å². The quantitative estimate of drug-likeness (QED) is 0.0484. The highest BCUT2D eigenvalue weighted by atomic mass is 35.5. The average Bonchev–Trinajstić information content (AvgIpc) is 3.25. The standard InChI is InChI=1S/C44H32Cl4F6N8O6/c1-19-20(2)34(58-42(68)38(22(4)64)62-60-36-16-24(6-10-32(36)48)40(66)56-26-8-12-30(46)28(18-26)44(52,53)54)14-13-33(19)57-41(67)37(21(3)63)61-59-35-15-23(5-9-31(35)47)39(65)55-25-7-11-29(45)27(17-25)43(49,50)51/h5-18,37-38H,1-4H3,(H,55,65)(H,56,66)(H,57,67)(H,58,68). The van der Waals surface area contributed by atoms with Gasteiger partial charge in [-0.05, 0) is 124 Å². The van der Waals surface area contributed by atoms with E-state index in [9.17, 15) is 55.1 Å². The Morgan fingerprint density at radius 1 is 0.485 bits per heavy atom. The predicted octanol–water partition coefficient (Wildman–Crippen LogP) is 12.8. The Bertz CT molecular complexity index is 2740. The number of nitrogens with zero attached hydrogens (tertiary/aromatic N) is 4. The van der Waals surface area contributed by atoms with Crippen molar-refractivity contribution in [3.05, 3.63) is 138 Å². The highest BCUT2D eigenvalue weighted by Gasteiger charge is 2.35. The van der Waals surface area contributed by atoms with Gasteiger partial charge in [0.15, 0.2) is 11.6 Å². The van der Waals surface area contributed by atoms with Gasteiger partial charge in [-0.3, -0.25) is 28.8 Å². The molecule has 0 saturated heterocycles. The van der Waals surface area contributed by atoms with E-state index in [-0.39, 0.29) is 55.3 Å². The third kappa shape index (κ3) is 13.0. The maximum absolute atomic E-state index is 13.4. The van der Waals surface area contributed by atoms with E-state index in [1.54, 1.807) is 13.8 Å². The summed E-state index contributed by atoms with van der Waals surface area (Å²) in [5.74, 6) is -5.09. The molecule has 0 bridgehead atoms. The number of azo groups is 2. The largest absolute Gasteiger partial charge is 0.417 e. The maximum Gasteiger partial charge on any atom is 0.417 e. The predicted molar refractivity (Wildman–Crippen MR) is 243 cm³/mol. The van der Waals surface area contributed by atoms with Crippen molar-refractivity contribution >= 4 is 116 Å². The summed E-state index contributed by atoms with van der Waals surface area (Å²) in [6, 6.07) is 12.1. The van der Waals surface area contributed by atoms with Crippen LogP contribution in [0.5, 0.6) is 0 Å². The minimum absolute atomic E-state index is 0.0549. The minimum Gasteiger partial charge on any atom is -0.324 e. The Balaban J connectivity index is 1.27. The molecule has 0 aromatic heterocycles. The summed E-state index contributed by atoms with van der Waals surface area (Å²) in [7, 11) is 0. The van der Waals surface area contributed by atoms with Gasteiger partial charge >= 0.3 is 12.4 Å². The number of amides is 4. The van der Waals surface area contributed by atoms with Crippen LogP contribution in [-0.2, 0) is 31.5 Å². The van der Waals surface area contributed by atoms with Crippen LogP contribution in [0.2, 0.25) is 20.1 Å². The molecule has 68 heavy (non-hydrogen) atoms. The van der Waals surface area contributed by atoms with Crippen molar-refractivity contribution in [1.82, 2.24) is 0 Å². The van der Waals surface area contributed by atoms with Crippen LogP contribution < -0.4 is 21.3 Å². The van der Waals surface area contributed by atoms with E-state index >= 15 is 0 Å². The first-order valence-corrected chi connectivity index (χ1v) is 20.8. The second kappa shape index (κ2) is 21.5. The summed E-state index contributed by atoms with van der Waals surface area (Å²) >= 11 is 23.8. The Labute approximate surface area is 401 Å². The fourth-order valence-electron chi connectivity index (χ4n) is 5.88. The smallest absolute Gasteiger partial charge is 0.324 e. The molecule has 5 aromatic rings. The molecule has 5 rings (SSSR count). The van der Waals surface area contributed by atoms with Gasteiger partial charge in [0.25, 0.3) is 23.6 Å². The third-order valence-electron chi connectivity index (χ3n) is 9.61. The van der Waals surface area contributed by atoms with Crippen molar-refractivity contribution in [2.75, 3.05) is 21.3 Å². The number of alkyl halides is 6. The summed E-state index contributed by atoms with van der Waals surface area (Å²) in [5.41, 5.74) is -2.16. The SMILES string of the molecule is CC(=O)C(N=Nc1cc(C(=O)Nc2ccc(Cl)c(C(F)(F)F)c2)ccc1Cl)C(=O)Nc1ccc(NC(=O)C(N=Nc2cc(C(=O)Nc3ccc(Cl)c(C(F)(F)F)c3)ccc2Cl)C(C)=O)c(C)c1C. The lowest BCUT2D eigenvalue weighted by Crippen LogP contribution is -2.33. The van der Waals surface area contributed by atoms with Crippen LogP contribution >= 0.6 is 46.4 Å². The molecule has 2 unspecified atom stereocenters. The van der Waals surface area contributed by atoms with Gasteiger partial charge in [0.2, 0.25) is 12.1 Å². The summed E-state index contributed by atoms with van der Waals surface area (Å²) in [5, 5.41) is 24.0. The molecule has 354 valence electrons. The van der Waals surface area contributed by atoms with E-state index in [1.165, 1.54) is 48.5 Å².